The zero-order valence-corrected chi connectivity index (χ0v) is 12.8. The van der Waals surface area contributed by atoms with Crippen LogP contribution in [0.25, 0.3) is 0 Å². The molecular formula is C18H20O3. The van der Waals surface area contributed by atoms with Gasteiger partial charge in [0.1, 0.15) is 11.5 Å². The molecule has 0 saturated heterocycles. The summed E-state index contributed by atoms with van der Waals surface area (Å²) in [7, 11) is 1.66. The Morgan fingerprint density at radius 2 is 1.29 bits per heavy atom. The highest BCUT2D eigenvalue weighted by molar-refractivity contribution is 5.69. The first-order chi connectivity index (χ1) is 9.93. The number of hydrogen-bond acceptors (Lipinski definition) is 3. The van der Waals surface area contributed by atoms with Gasteiger partial charge < -0.3 is 9.47 Å². The lowest BCUT2D eigenvalue weighted by molar-refractivity contribution is -0.131. The smallest absolute Gasteiger partial charge is 0.308 e. The van der Waals surface area contributed by atoms with E-state index in [1.165, 1.54) is 12.5 Å². The fourth-order valence-electron chi connectivity index (χ4n) is 2.28. The number of benzene rings is 2. The molecule has 0 aliphatic carbocycles. The van der Waals surface area contributed by atoms with E-state index in [1.807, 2.05) is 36.4 Å². The molecule has 0 amide bonds. The molecule has 0 spiro atoms. The maximum absolute atomic E-state index is 10.9. The van der Waals surface area contributed by atoms with E-state index in [-0.39, 0.29) is 11.4 Å². The van der Waals surface area contributed by atoms with Crippen LogP contribution in [0.15, 0.2) is 48.5 Å². The summed E-state index contributed by atoms with van der Waals surface area (Å²) in [6, 6.07) is 15.7. The van der Waals surface area contributed by atoms with Crippen molar-refractivity contribution in [2.45, 2.75) is 26.2 Å². The van der Waals surface area contributed by atoms with Crippen LogP contribution in [0, 0.1) is 0 Å². The summed E-state index contributed by atoms with van der Waals surface area (Å²) < 4.78 is 10.3. The summed E-state index contributed by atoms with van der Waals surface area (Å²) in [5.41, 5.74) is 2.22. The molecule has 3 heteroatoms. The van der Waals surface area contributed by atoms with Crippen LogP contribution in [0.3, 0.4) is 0 Å². The molecule has 0 N–H and O–H groups in total. The van der Waals surface area contributed by atoms with E-state index in [1.54, 1.807) is 7.11 Å². The van der Waals surface area contributed by atoms with Crippen molar-refractivity contribution >= 4 is 5.97 Å². The van der Waals surface area contributed by atoms with E-state index in [4.69, 9.17) is 9.47 Å². The molecular weight excluding hydrogens is 264 g/mol. The molecule has 0 fully saturated rings. The van der Waals surface area contributed by atoms with Crippen LogP contribution >= 0.6 is 0 Å². The molecule has 0 atom stereocenters. The molecule has 110 valence electrons. The Kier molecular flexibility index (Phi) is 4.32. The number of ether oxygens (including phenoxy) is 2. The van der Waals surface area contributed by atoms with E-state index in [9.17, 15) is 4.79 Å². The van der Waals surface area contributed by atoms with Crippen LogP contribution in [-0.2, 0) is 10.2 Å². The minimum absolute atomic E-state index is 0.138. The van der Waals surface area contributed by atoms with Crippen LogP contribution < -0.4 is 9.47 Å². The zero-order chi connectivity index (χ0) is 15.5. The Bertz CT molecular complexity index is 610. The molecule has 0 aromatic heterocycles. The van der Waals surface area contributed by atoms with Crippen LogP contribution in [0.4, 0.5) is 0 Å². The molecule has 21 heavy (non-hydrogen) atoms. The predicted molar refractivity (Wildman–Crippen MR) is 82.9 cm³/mol. The lowest BCUT2D eigenvalue weighted by Gasteiger charge is -2.26. The van der Waals surface area contributed by atoms with Crippen molar-refractivity contribution in [3.8, 4) is 11.5 Å². The SMILES string of the molecule is COc1ccc(C(C)(C)c2ccc(OC(C)=O)cc2)cc1. The highest BCUT2D eigenvalue weighted by Gasteiger charge is 2.23. The third-order valence-electron chi connectivity index (χ3n) is 3.65. The molecule has 2 aromatic rings. The fourth-order valence-corrected chi connectivity index (χ4v) is 2.28. The largest absolute Gasteiger partial charge is 0.497 e. The summed E-state index contributed by atoms with van der Waals surface area (Å²) in [5.74, 6) is 1.11. The standard InChI is InChI=1S/C18H20O3/c1-13(19)21-17-11-7-15(8-12-17)18(2,3)14-5-9-16(20-4)10-6-14/h5-12H,1-4H3. The predicted octanol–water partition coefficient (Wildman–Crippen LogP) is 3.95. The van der Waals surface area contributed by atoms with Gasteiger partial charge in [-0.05, 0) is 35.4 Å². The van der Waals surface area contributed by atoms with Gasteiger partial charge in [0.25, 0.3) is 0 Å². The molecule has 0 heterocycles. The third kappa shape index (κ3) is 3.43. The first-order valence-electron chi connectivity index (χ1n) is 6.87. The Balaban J connectivity index is 2.27. The van der Waals surface area contributed by atoms with Crippen LogP contribution in [-0.4, -0.2) is 13.1 Å². The number of rotatable bonds is 4. The second-order valence-corrected chi connectivity index (χ2v) is 5.47. The van der Waals surface area contributed by atoms with Gasteiger partial charge in [-0.15, -0.1) is 0 Å². The van der Waals surface area contributed by atoms with Gasteiger partial charge in [0.2, 0.25) is 0 Å². The van der Waals surface area contributed by atoms with Gasteiger partial charge in [0, 0.05) is 12.3 Å². The van der Waals surface area contributed by atoms with Crippen molar-refractivity contribution in [1.82, 2.24) is 0 Å². The maximum atomic E-state index is 10.9. The zero-order valence-electron chi connectivity index (χ0n) is 12.8. The Hall–Kier alpha value is -2.29. The monoisotopic (exact) mass is 284 g/mol. The van der Waals surface area contributed by atoms with Crippen molar-refractivity contribution in [2.24, 2.45) is 0 Å². The quantitative estimate of drug-likeness (QED) is 0.630. The maximum Gasteiger partial charge on any atom is 0.308 e. The number of esters is 1. The van der Waals surface area contributed by atoms with Crippen molar-refractivity contribution in [1.29, 1.82) is 0 Å². The second kappa shape index (κ2) is 6.00. The average Bonchev–Trinajstić information content (AvgIpc) is 2.47. The highest BCUT2D eigenvalue weighted by Crippen LogP contribution is 2.33. The normalized spacial score (nSPS) is 11.0. The molecule has 0 bridgehead atoms. The molecule has 3 nitrogen and oxygen atoms in total. The number of methoxy groups -OCH3 is 1. The second-order valence-electron chi connectivity index (χ2n) is 5.47. The third-order valence-corrected chi connectivity index (χ3v) is 3.65. The van der Waals surface area contributed by atoms with Crippen molar-refractivity contribution < 1.29 is 14.3 Å². The van der Waals surface area contributed by atoms with Gasteiger partial charge in [0.05, 0.1) is 7.11 Å². The summed E-state index contributed by atoms with van der Waals surface area (Å²) in [4.78, 5) is 10.9. The molecule has 2 rings (SSSR count). The van der Waals surface area contributed by atoms with Crippen molar-refractivity contribution in [3.05, 3.63) is 59.7 Å². The average molecular weight is 284 g/mol. The van der Waals surface area contributed by atoms with Crippen molar-refractivity contribution in [3.63, 3.8) is 0 Å². The van der Waals surface area contributed by atoms with E-state index >= 15 is 0 Å². The minimum atomic E-state index is -0.308. The number of carbonyl (C=O) groups excluding carboxylic acids is 1. The van der Waals surface area contributed by atoms with E-state index in [0.29, 0.717) is 5.75 Å². The van der Waals surface area contributed by atoms with E-state index in [2.05, 4.69) is 26.0 Å². The summed E-state index contributed by atoms with van der Waals surface area (Å²) in [6.07, 6.45) is 0. The van der Waals surface area contributed by atoms with Gasteiger partial charge >= 0.3 is 5.97 Å². The topological polar surface area (TPSA) is 35.5 Å². The summed E-state index contributed by atoms with van der Waals surface area (Å²) >= 11 is 0. The fraction of sp³-hybridized carbons (Fsp3) is 0.278. The number of carbonyl (C=O) groups is 1. The minimum Gasteiger partial charge on any atom is -0.497 e. The van der Waals surface area contributed by atoms with Crippen LogP contribution in [0.1, 0.15) is 31.9 Å². The molecule has 2 aromatic carbocycles. The molecule has 0 aliphatic rings. The molecule has 0 unspecified atom stereocenters. The van der Waals surface area contributed by atoms with Gasteiger partial charge in [0.15, 0.2) is 0 Å². The lowest BCUT2D eigenvalue weighted by atomic mass is 9.78. The van der Waals surface area contributed by atoms with Crippen LogP contribution in [0.2, 0.25) is 0 Å². The molecule has 0 radical (unpaired) electrons. The van der Waals surface area contributed by atoms with Crippen molar-refractivity contribution in [2.75, 3.05) is 7.11 Å². The van der Waals surface area contributed by atoms with Gasteiger partial charge in [-0.3, -0.25) is 4.79 Å². The lowest BCUT2D eigenvalue weighted by Crippen LogP contribution is -2.18. The molecule has 0 saturated carbocycles. The first-order valence-corrected chi connectivity index (χ1v) is 6.87. The van der Waals surface area contributed by atoms with Crippen LogP contribution in [0.5, 0.6) is 11.5 Å². The number of hydrogen-bond donors (Lipinski definition) is 0. The highest BCUT2D eigenvalue weighted by atomic mass is 16.5. The summed E-state index contributed by atoms with van der Waals surface area (Å²) in [5, 5.41) is 0. The first kappa shape index (κ1) is 15.1. The van der Waals surface area contributed by atoms with E-state index < -0.39 is 0 Å². The Labute approximate surface area is 125 Å². The Morgan fingerprint density at radius 1 is 0.857 bits per heavy atom. The van der Waals surface area contributed by atoms with Gasteiger partial charge in [-0.1, -0.05) is 38.1 Å². The van der Waals surface area contributed by atoms with E-state index in [0.717, 1.165) is 11.3 Å². The summed E-state index contributed by atoms with van der Waals surface area (Å²) in [6.45, 7) is 5.72. The van der Waals surface area contributed by atoms with Gasteiger partial charge in [-0.25, -0.2) is 0 Å². The Morgan fingerprint density at radius 3 is 1.67 bits per heavy atom. The molecule has 0 aliphatic heterocycles. The van der Waals surface area contributed by atoms with Gasteiger partial charge in [-0.2, -0.15) is 0 Å².